The summed E-state index contributed by atoms with van der Waals surface area (Å²) < 4.78 is 4.90. The molecule has 1 saturated carbocycles. The average molecular weight is 195 g/mol. The van der Waals surface area contributed by atoms with E-state index < -0.39 is 5.76 Å². The molecule has 0 bridgehead atoms. The van der Waals surface area contributed by atoms with Gasteiger partial charge in [-0.15, -0.1) is 0 Å². The van der Waals surface area contributed by atoms with Crippen molar-refractivity contribution in [1.29, 1.82) is 0 Å². The summed E-state index contributed by atoms with van der Waals surface area (Å²) in [5.74, 6) is -0.142. The molecule has 0 amide bonds. The quantitative estimate of drug-likeness (QED) is 0.672. The molecule has 0 aliphatic heterocycles. The van der Waals surface area contributed by atoms with Crippen LogP contribution >= 0.6 is 0 Å². The molecule has 0 radical (unpaired) electrons. The van der Waals surface area contributed by atoms with Gasteiger partial charge in [0.05, 0.1) is 0 Å². The molecule has 4 heteroatoms. The van der Waals surface area contributed by atoms with Crippen LogP contribution < -0.4 is 5.76 Å². The highest BCUT2D eigenvalue weighted by Crippen LogP contribution is 2.37. The van der Waals surface area contributed by atoms with Gasteiger partial charge in [0.1, 0.15) is 0 Å². The number of H-pyrrole nitrogens is 1. The standard InChI is InChI=1S/C10H13NO3/c1-6-2-4-7(5-3-6)8-9(12)11-10(13)14-8/h7,12H,1-5H2,(H,11,13). The molecular weight excluding hydrogens is 182 g/mol. The van der Waals surface area contributed by atoms with E-state index in [-0.39, 0.29) is 11.8 Å². The van der Waals surface area contributed by atoms with E-state index in [1.165, 1.54) is 5.57 Å². The molecule has 0 spiro atoms. The number of nitrogens with one attached hydrogen (secondary N) is 1. The number of aromatic nitrogens is 1. The molecular formula is C10H13NO3. The number of oxazole rings is 1. The lowest BCUT2D eigenvalue weighted by Crippen LogP contribution is -2.05. The maximum Gasteiger partial charge on any atom is 0.419 e. The highest BCUT2D eigenvalue weighted by atomic mass is 16.4. The van der Waals surface area contributed by atoms with Crippen molar-refractivity contribution in [2.45, 2.75) is 31.6 Å². The van der Waals surface area contributed by atoms with Crippen LogP contribution in [0.15, 0.2) is 21.4 Å². The Balaban J connectivity index is 2.19. The zero-order valence-electron chi connectivity index (χ0n) is 7.88. The second-order valence-electron chi connectivity index (χ2n) is 3.75. The Labute approximate surface area is 81.3 Å². The first kappa shape index (κ1) is 9.12. The van der Waals surface area contributed by atoms with Crippen LogP contribution in [0.1, 0.15) is 37.4 Å². The Morgan fingerprint density at radius 2 is 2.07 bits per heavy atom. The molecule has 2 rings (SSSR count). The molecule has 1 aliphatic rings. The van der Waals surface area contributed by atoms with Gasteiger partial charge in [0.25, 0.3) is 0 Å². The third-order valence-electron chi connectivity index (χ3n) is 2.72. The first-order chi connectivity index (χ1) is 6.66. The Morgan fingerprint density at radius 3 is 2.57 bits per heavy atom. The maximum atomic E-state index is 10.8. The van der Waals surface area contributed by atoms with E-state index in [0.29, 0.717) is 5.76 Å². The number of allylic oxidation sites excluding steroid dienone is 1. The fourth-order valence-electron chi connectivity index (χ4n) is 1.90. The Hall–Kier alpha value is -1.45. The van der Waals surface area contributed by atoms with E-state index in [1.807, 2.05) is 0 Å². The Bertz CT molecular complexity index is 392. The third kappa shape index (κ3) is 1.60. The van der Waals surface area contributed by atoms with Crippen molar-refractivity contribution in [3.05, 3.63) is 28.5 Å². The predicted molar refractivity (Wildman–Crippen MR) is 51.3 cm³/mol. The Morgan fingerprint density at radius 1 is 1.43 bits per heavy atom. The summed E-state index contributed by atoms with van der Waals surface area (Å²) in [4.78, 5) is 13.0. The van der Waals surface area contributed by atoms with E-state index in [0.717, 1.165) is 25.7 Å². The number of rotatable bonds is 1. The molecule has 1 aliphatic carbocycles. The molecule has 1 heterocycles. The van der Waals surface area contributed by atoms with Crippen molar-refractivity contribution >= 4 is 0 Å². The van der Waals surface area contributed by atoms with Gasteiger partial charge in [0.15, 0.2) is 5.76 Å². The van der Waals surface area contributed by atoms with Crippen LogP contribution in [-0.4, -0.2) is 10.1 Å². The maximum absolute atomic E-state index is 10.8. The van der Waals surface area contributed by atoms with Crippen LogP contribution in [0.4, 0.5) is 0 Å². The molecule has 0 atom stereocenters. The van der Waals surface area contributed by atoms with Crippen LogP contribution in [0.2, 0.25) is 0 Å². The summed E-state index contributed by atoms with van der Waals surface area (Å²) >= 11 is 0. The van der Waals surface area contributed by atoms with Gasteiger partial charge in [-0.1, -0.05) is 12.2 Å². The molecule has 76 valence electrons. The lowest BCUT2D eigenvalue weighted by molar-refractivity contribution is 0.365. The van der Waals surface area contributed by atoms with Gasteiger partial charge < -0.3 is 9.52 Å². The van der Waals surface area contributed by atoms with E-state index in [9.17, 15) is 9.90 Å². The number of hydrogen-bond donors (Lipinski definition) is 2. The minimum absolute atomic E-state index is 0.118. The second kappa shape index (κ2) is 3.36. The number of aromatic hydroxyl groups is 1. The van der Waals surface area contributed by atoms with Gasteiger partial charge in [-0.25, -0.2) is 4.79 Å². The normalized spacial score (nSPS) is 18.7. The molecule has 1 aromatic rings. The lowest BCUT2D eigenvalue weighted by atomic mass is 9.85. The van der Waals surface area contributed by atoms with Crippen LogP contribution in [0.5, 0.6) is 5.88 Å². The zero-order chi connectivity index (χ0) is 10.1. The molecule has 0 saturated heterocycles. The molecule has 2 N–H and O–H groups in total. The Kier molecular flexibility index (Phi) is 2.19. The first-order valence-corrected chi connectivity index (χ1v) is 4.75. The molecule has 1 fully saturated rings. The van der Waals surface area contributed by atoms with Crippen LogP contribution in [0.25, 0.3) is 0 Å². The molecule has 0 unspecified atom stereocenters. The number of hydrogen-bond acceptors (Lipinski definition) is 3. The summed E-state index contributed by atoms with van der Waals surface area (Å²) in [6.45, 7) is 3.91. The lowest BCUT2D eigenvalue weighted by Gasteiger charge is -2.20. The van der Waals surface area contributed by atoms with Crippen molar-refractivity contribution in [2.24, 2.45) is 0 Å². The largest absolute Gasteiger partial charge is 0.492 e. The van der Waals surface area contributed by atoms with Gasteiger partial charge in [0, 0.05) is 5.92 Å². The van der Waals surface area contributed by atoms with E-state index in [2.05, 4.69) is 11.6 Å². The van der Waals surface area contributed by atoms with Gasteiger partial charge >= 0.3 is 5.76 Å². The van der Waals surface area contributed by atoms with Crippen LogP contribution in [0.3, 0.4) is 0 Å². The summed E-state index contributed by atoms with van der Waals surface area (Å²) in [7, 11) is 0. The topological polar surface area (TPSA) is 66.2 Å². The summed E-state index contributed by atoms with van der Waals surface area (Å²) in [6, 6.07) is 0. The smallest absolute Gasteiger partial charge is 0.419 e. The summed E-state index contributed by atoms with van der Waals surface area (Å²) in [5, 5.41) is 9.38. The minimum atomic E-state index is -0.582. The fraction of sp³-hybridized carbons (Fsp3) is 0.500. The molecule has 0 aromatic carbocycles. The zero-order valence-corrected chi connectivity index (χ0v) is 7.88. The van der Waals surface area contributed by atoms with Crippen LogP contribution in [0, 0.1) is 0 Å². The third-order valence-corrected chi connectivity index (χ3v) is 2.72. The van der Waals surface area contributed by atoms with E-state index >= 15 is 0 Å². The summed E-state index contributed by atoms with van der Waals surface area (Å²) in [5.41, 5.74) is 1.23. The SMILES string of the molecule is C=C1CCC(c2oc(=O)[nH]c2O)CC1. The molecule has 1 aromatic heterocycles. The molecule has 4 nitrogen and oxygen atoms in total. The van der Waals surface area contributed by atoms with Crippen LogP contribution in [-0.2, 0) is 0 Å². The second-order valence-corrected chi connectivity index (χ2v) is 3.75. The highest BCUT2D eigenvalue weighted by Gasteiger charge is 2.24. The van der Waals surface area contributed by atoms with Gasteiger partial charge in [0.2, 0.25) is 5.88 Å². The van der Waals surface area contributed by atoms with Crippen molar-refractivity contribution in [2.75, 3.05) is 0 Å². The fourth-order valence-corrected chi connectivity index (χ4v) is 1.90. The average Bonchev–Trinajstić information content (AvgIpc) is 2.47. The van der Waals surface area contributed by atoms with Gasteiger partial charge in [-0.3, -0.25) is 4.98 Å². The first-order valence-electron chi connectivity index (χ1n) is 4.75. The van der Waals surface area contributed by atoms with Crippen molar-refractivity contribution in [3.63, 3.8) is 0 Å². The molecule has 14 heavy (non-hydrogen) atoms. The van der Waals surface area contributed by atoms with Crippen molar-refractivity contribution in [1.82, 2.24) is 4.98 Å². The summed E-state index contributed by atoms with van der Waals surface area (Å²) in [6.07, 6.45) is 3.68. The predicted octanol–water partition coefficient (Wildman–Crippen LogP) is 1.89. The monoisotopic (exact) mass is 195 g/mol. The van der Waals surface area contributed by atoms with E-state index in [1.54, 1.807) is 0 Å². The van der Waals surface area contributed by atoms with Gasteiger partial charge in [-0.2, -0.15) is 0 Å². The van der Waals surface area contributed by atoms with Crippen molar-refractivity contribution in [3.8, 4) is 5.88 Å². The highest BCUT2D eigenvalue weighted by molar-refractivity contribution is 5.19. The van der Waals surface area contributed by atoms with Crippen molar-refractivity contribution < 1.29 is 9.52 Å². The van der Waals surface area contributed by atoms with E-state index in [4.69, 9.17) is 4.42 Å². The van der Waals surface area contributed by atoms with Gasteiger partial charge in [-0.05, 0) is 25.7 Å². The number of aromatic amines is 1. The minimum Gasteiger partial charge on any atom is -0.492 e.